The van der Waals surface area contributed by atoms with Crippen LogP contribution < -0.4 is 10.9 Å². The molecule has 0 aliphatic rings. The fraction of sp³-hybridized carbons (Fsp3) is 0.200. The molecule has 0 unspecified atom stereocenters. The van der Waals surface area contributed by atoms with Crippen LogP contribution in [0.4, 0.5) is 18.9 Å². The minimum Gasteiger partial charge on any atom is -0.380 e. The van der Waals surface area contributed by atoms with Crippen molar-refractivity contribution in [2.45, 2.75) is 6.04 Å². The third-order valence-electron chi connectivity index (χ3n) is 4.42. The lowest BCUT2D eigenvalue weighted by Gasteiger charge is -2.25. The van der Waals surface area contributed by atoms with Gasteiger partial charge >= 0.3 is 0 Å². The van der Waals surface area contributed by atoms with Crippen molar-refractivity contribution < 1.29 is 13.2 Å². The van der Waals surface area contributed by atoms with Crippen molar-refractivity contribution in [3.8, 4) is 5.69 Å². The van der Waals surface area contributed by atoms with E-state index in [4.69, 9.17) is 11.6 Å². The van der Waals surface area contributed by atoms with Gasteiger partial charge in [0.05, 0.1) is 17.9 Å². The van der Waals surface area contributed by atoms with E-state index in [0.29, 0.717) is 12.6 Å². The van der Waals surface area contributed by atoms with Crippen LogP contribution in [0.3, 0.4) is 0 Å². The van der Waals surface area contributed by atoms with Crippen LogP contribution >= 0.6 is 11.6 Å². The Kier molecular flexibility index (Phi) is 6.24. The van der Waals surface area contributed by atoms with Gasteiger partial charge in [-0.2, -0.15) is 9.78 Å². The van der Waals surface area contributed by atoms with E-state index in [1.54, 1.807) is 12.1 Å². The monoisotopic (exact) mass is 422 g/mol. The maximum absolute atomic E-state index is 14.0. The number of hydrogen-bond donors (Lipinski definition) is 1. The van der Waals surface area contributed by atoms with Crippen molar-refractivity contribution >= 4 is 17.3 Å². The minimum absolute atomic E-state index is 0.136. The molecular weight excluding hydrogens is 405 g/mol. The van der Waals surface area contributed by atoms with E-state index in [9.17, 15) is 18.0 Å². The summed E-state index contributed by atoms with van der Waals surface area (Å²) in [4.78, 5) is 14.5. The molecule has 1 heterocycles. The van der Waals surface area contributed by atoms with Gasteiger partial charge in [0, 0.05) is 12.6 Å². The van der Waals surface area contributed by atoms with Gasteiger partial charge in [0.15, 0.2) is 5.82 Å². The van der Waals surface area contributed by atoms with Crippen LogP contribution in [0, 0.1) is 17.5 Å². The number of rotatable bonds is 6. The van der Waals surface area contributed by atoms with Gasteiger partial charge in [-0.25, -0.2) is 13.2 Å². The fourth-order valence-electron chi connectivity index (χ4n) is 2.87. The molecule has 0 bridgehead atoms. The molecule has 3 rings (SSSR count). The standard InChI is InChI=1S/C20H18ClF3N4O/c1-27(2)18(12-3-5-13(22)6-4-12)11-25-16-10-26-28(20(29)19(16)21)17-8-7-14(23)9-15(17)24/h3-10,18,25H,11H2,1-2H3/t18-/m1/s1. The quantitative estimate of drug-likeness (QED) is 0.652. The first-order valence-corrected chi connectivity index (χ1v) is 9.04. The first-order valence-electron chi connectivity index (χ1n) is 8.67. The molecule has 1 aromatic heterocycles. The summed E-state index contributed by atoms with van der Waals surface area (Å²) >= 11 is 6.17. The molecule has 0 fully saturated rings. The Bertz CT molecular complexity index is 1070. The van der Waals surface area contributed by atoms with E-state index in [1.165, 1.54) is 18.3 Å². The molecule has 0 amide bonds. The van der Waals surface area contributed by atoms with E-state index >= 15 is 0 Å². The van der Waals surface area contributed by atoms with Gasteiger partial charge in [-0.15, -0.1) is 0 Å². The molecule has 1 N–H and O–H groups in total. The minimum atomic E-state index is -0.930. The molecule has 0 saturated heterocycles. The summed E-state index contributed by atoms with van der Waals surface area (Å²) in [5, 5.41) is 6.81. The number of anilines is 1. The van der Waals surface area contributed by atoms with Gasteiger partial charge < -0.3 is 10.2 Å². The molecule has 9 heteroatoms. The molecule has 152 valence electrons. The predicted molar refractivity (Wildman–Crippen MR) is 106 cm³/mol. The van der Waals surface area contributed by atoms with Crippen molar-refractivity contribution in [1.82, 2.24) is 14.7 Å². The normalized spacial score (nSPS) is 12.2. The number of nitrogens with zero attached hydrogens (tertiary/aromatic N) is 3. The average Bonchev–Trinajstić information content (AvgIpc) is 2.67. The van der Waals surface area contributed by atoms with Crippen molar-refractivity contribution in [2.75, 3.05) is 26.0 Å². The Morgan fingerprint density at radius 2 is 1.76 bits per heavy atom. The van der Waals surface area contributed by atoms with E-state index < -0.39 is 17.2 Å². The van der Waals surface area contributed by atoms with E-state index in [-0.39, 0.29) is 28.3 Å². The average molecular weight is 423 g/mol. The van der Waals surface area contributed by atoms with E-state index in [0.717, 1.165) is 22.4 Å². The number of nitrogens with one attached hydrogen (secondary N) is 1. The maximum atomic E-state index is 14.0. The lowest BCUT2D eigenvalue weighted by Crippen LogP contribution is -2.28. The van der Waals surface area contributed by atoms with Crippen LogP contribution in [0.5, 0.6) is 0 Å². The van der Waals surface area contributed by atoms with Crippen LogP contribution in [0.15, 0.2) is 53.5 Å². The molecule has 0 spiro atoms. The Labute approximate surface area is 170 Å². The van der Waals surface area contributed by atoms with E-state index in [2.05, 4.69) is 10.4 Å². The highest BCUT2D eigenvalue weighted by atomic mass is 35.5. The number of halogens is 4. The van der Waals surface area contributed by atoms with Gasteiger partial charge in [-0.1, -0.05) is 23.7 Å². The number of aromatic nitrogens is 2. The fourth-order valence-corrected chi connectivity index (χ4v) is 3.07. The third-order valence-corrected chi connectivity index (χ3v) is 4.79. The van der Waals surface area contributed by atoms with Crippen LogP contribution in [0.1, 0.15) is 11.6 Å². The second kappa shape index (κ2) is 8.67. The second-order valence-corrected chi connectivity index (χ2v) is 6.97. The number of likely N-dealkylation sites (N-methyl/N-ethyl adjacent to an activating group) is 1. The molecule has 3 aromatic rings. The zero-order chi connectivity index (χ0) is 21.1. The highest BCUT2D eigenvalue weighted by Crippen LogP contribution is 2.22. The van der Waals surface area contributed by atoms with Gasteiger partial charge in [0.1, 0.15) is 22.3 Å². The Morgan fingerprint density at radius 1 is 1.10 bits per heavy atom. The van der Waals surface area contributed by atoms with Gasteiger partial charge in [0.25, 0.3) is 5.56 Å². The lowest BCUT2D eigenvalue weighted by molar-refractivity contribution is 0.311. The summed E-state index contributed by atoms with van der Waals surface area (Å²) in [6, 6.07) is 8.76. The maximum Gasteiger partial charge on any atom is 0.292 e. The molecule has 0 aliphatic heterocycles. The van der Waals surface area contributed by atoms with Gasteiger partial charge in [-0.3, -0.25) is 4.79 Å². The smallest absolute Gasteiger partial charge is 0.292 e. The summed E-state index contributed by atoms with van der Waals surface area (Å²) in [5.41, 5.74) is 0.187. The molecule has 29 heavy (non-hydrogen) atoms. The second-order valence-electron chi connectivity index (χ2n) is 6.60. The molecule has 5 nitrogen and oxygen atoms in total. The van der Waals surface area contributed by atoms with Crippen molar-refractivity contribution in [3.63, 3.8) is 0 Å². The zero-order valence-corrected chi connectivity index (χ0v) is 16.4. The summed E-state index contributed by atoms with van der Waals surface area (Å²) < 4.78 is 41.0. The largest absolute Gasteiger partial charge is 0.380 e. The summed E-state index contributed by atoms with van der Waals surface area (Å²) in [5.74, 6) is -2.03. The molecule has 2 aromatic carbocycles. The first-order chi connectivity index (χ1) is 13.8. The zero-order valence-electron chi connectivity index (χ0n) is 15.7. The third kappa shape index (κ3) is 4.60. The number of benzene rings is 2. The van der Waals surface area contributed by atoms with Crippen LogP contribution in [0.25, 0.3) is 5.69 Å². The molecule has 0 radical (unpaired) electrons. The van der Waals surface area contributed by atoms with Crippen LogP contribution in [-0.2, 0) is 0 Å². The molecule has 1 atom stereocenters. The lowest BCUT2D eigenvalue weighted by atomic mass is 10.1. The van der Waals surface area contributed by atoms with Crippen molar-refractivity contribution in [1.29, 1.82) is 0 Å². The van der Waals surface area contributed by atoms with Crippen molar-refractivity contribution in [2.24, 2.45) is 0 Å². The SMILES string of the molecule is CN(C)[C@H](CNc1cnn(-c2ccc(F)cc2F)c(=O)c1Cl)c1ccc(F)cc1. The summed E-state index contributed by atoms with van der Waals surface area (Å²) in [7, 11) is 3.73. The first kappa shape index (κ1) is 20.9. The topological polar surface area (TPSA) is 50.2 Å². The highest BCUT2D eigenvalue weighted by molar-refractivity contribution is 6.32. The van der Waals surface area contributed by atoms with Crippen LogP contribution in [0.2, 0.25) is 5.02 Å². The summed E-state index contributed by atoms with van der Waals surface area (Å²) in [6.45, 7) is 0.356. The Balaban J connectivity index is 1.85. The Hall–Kier alpha value is -2.84. The Morgan fingerprint density at radius 3 is 2.38 bits per heavy atom. The summed E-state index contributed by atoms with van der Waals surface area (Å²) in [6.07, 6.45) is 1.30. The predicted octanol–water partition coefficient (Wildman–Crippen LogP) is 4.02. The van der Waals surface area contributed by atoms with Crippen molar-refractivity contribution in [3.05, 3.63) is 87.1 Å². The molecular formula is C20H18ClF3N4O. The highest BCUT2D eigenvalue weighted by Gasteiger charge is 2.17. The van der Waals surface area contributed by atoms with Gasteiger partial charge in [0.2, 0.25) is 0 Å². The van der Waals surface area contributed by atoms with Gasteiger partial charge in [-0.05, 0) is 43.9 Å². The number of hydrogen-bond acceptors (Lipinski definition) is 4. The molecule has 0 aliphatic carbocycles. The van der Waals surface area contributed by atoms with E-state index in [1.807, 2.05) is 19.0 Å². The van der Waals surface area contributed by atoms with Crippen LogP contribution in [-0.4, -0.2) is 35.3 Å². The molecule has 0 saturated carbocycles.